The number of rotatable bonds is 38. The number of aliphatic carboxylic acids is 4. The Morgan fingerprint density at radius 1 is 0.524 bits per heavy atom. The molecule has 490 valence electrons. The van der Waals surface area contributed by atoms with Crippen molar-refractivity contribution >= 4 is 152 Å². The van der Waals surface area contributed by atoms with Gasteiger partial charge < -0.3 is 57.6 Å². The number of nitrogens with two attached hydrogens (primary N) is 2. The number of carbonyl (C=O) groups is 9. The Morgan fingerprint density at radius 3 is 1.38 bits per heavy atom. The van der Waals surface area contributed by atoms with Crippen molar-refractivity contribution in [1.29, 1.82) is 0 Å². The van der Waals surface area contributed by atoms with E-state index in [1.54, 1.807) is 48.1 Å². The molecule has 0 aliphatic carbocycles. The van der Waals surface area contributed by atoms with E-state index in [2.05, 4.69) is 70.1 Å². The fourth-order valence-corrected chi connectivity index (χ4v) is 18.9. The van der Waals surface area contributed by atoms with Crippen LogP contribution in [0.1, 0.15) is 148 Å². The number of nitrogens with one attached hydrogen (secondary N) is 3. The summed E-state index contributed by atoms with van der Waals surface area (Å²) in [7, 11) is 13.0. The number of carbonyl (C=O) groups excluding carboxylic acids is 5. The van der Waals surface area contributed by atoms with Gasteiger partial charge in [-0.05, 0) is 62.2 Å². The topological polar surface area (TPSA) is 329 Å². The fourth-order valence-electron chi connectivity index (χ4n) is 7.59. The van der Waals surface area contributed by atoms with Crippen molar-refractivity contribution in [3.8, 4) is 0 Å². The second kappa shape index (κ2) is 49.1. The molecule has 0 radical (unpaired) electrons. The molecule has 10 atom stereocenters. The molecule has 11 N–H and O–H groups in total. The van der Waals surface area contributed by atoms with Crippen molar-refractivity contribution in [3.05, 3.63) is 0 Å². The highest BCUT2D eigenvalue weighted by molar-refractivity contribution is 8.77. The summed E-state index contributed by atoms with van der Waals surface area (Å²) >= 11 is 4.11. The van der Waals surface area contributed by atoms with Gasteiger partial charge in [-0.2, -0.15) is 12.6 Å². The average molecular weight is 1360 g/mol. The van der Waals surface area contributed by atoms with Gasteiger partial charge in [0.1, 0.15) is 24.2 Å². The van der Waals surface area contributed by atoms with Crippen LogP contribution in [0.25, 0.3) is 0 Å². The second-order valence-electron chi connectivity index (χ2n) is 22.3. The number of carboxylic acids is 4. The number of hydrogen-bond donors (Lipinski definition) is 10. The molecular formula is C55H103N7O13S9. The molecular weight excluding hydrogens is 1260 g/mol. The van der Waals surface area contributed by atoms with Crippen LogP contribution in [0.4, 0.5) is 0 Å². The van der Waals surface area contributed by atoms with Crippen LogP contribution in [0.3, 0.4) is 0 Å². The molecule has 0 aromatic rings. The molecule has 20 nitrogen and oxygen atoms in total. The molecule has 0 saturated carbocycles. The maximum absolute atomic E-state index is 12.9. The van der Waals surface area contributed by atoms with E-state index in [0.29, 0.717) is 83.6 Å². The van der Waals surface area contributed by atoms with Gasteiger partial charge in [0, 0.05) is 115 Å². The van der Waals surface area contributed by atoms with E-state index < -0.39 is 48.0 Å². The Morgan fingerprint density at radius 2 is 0.964 bits per heavy atom. The molecule has 5 amide bonds. The van der Waals surface area contributed by atoms with Crippen molar-refractivity contribution in [1.82, 2.24) is 25.8 Å². The molecule has 2 aliphatic heterocycles. The molecule has 29 heteroatoms. The first-order valence-corrected chi connectivity index (χ1v) is 39.2. The minimum atomic E-state index is -1.05. The quantitative estimate of drug-likeness (QED) is 0.0156. The van der Waals surface area contributed by atoms with Gasteiger partial charge in [-0.1, -0.05) is 175 Å². The predicted molar refractivity (Wildman–Crippen MR) is 362 cm³/mol. The Kier molecular flexibility index (Phi) is 49.3. The minimum Gasteiger partial charge on any atom is -0.480 e. The molecule has 2 rings (SSSR count). The number of unbranched alkanes of at least 4 members (excludes halogenated alkanes) is 1. The zero-order valence-electron chi connectivity index (χ0n) is 51.7. The van der Waals surface area contributed by atoms with E-state index in [1.165, 1.54) is 77.3 Å². The second-order valence-corrected chi connectivity index (χ2v) is 33.1. The Hall–Kier alpha value is -1.70. The number of hydrogen-bond acceptors (Lipinski definition) is 20. The zero-order chi connectivity index (χ0) is 64.6. The summed E-state index contributed by atoms with van der Waals surface area (Å²) in [5, 5.41) is 44.8. The largest absolute Gasteiger partial charge is 0.480 e. The van der Waals surface area contributed by atoms with E-state index in [9.17, 15) is 53.4 Å². The molecule has 2 heterocycles. The number of carboxylic acid groups (broad SMARTS) is 4. The van der Waals surface area contributed by atoms with Gasteiger partial charge in [0.15, 0.2) is 0 Å². The Balaban J connectivity index is 0. The first-order chi connectivity index (χ1) is 39.3. The molecule has 0 bridgehead atoms. The van der Waals surface area contributed by atoms with Crippen LogP contribution in [-0.4, -0.2) is 190 Å². The number of likely N-dealkylation sites (tertiary alicyclic amines) is 2. The Bertz CT molecular complexity index is 1940. The predicted octanol–water partition coefficient (Wildman–Crippen LogP) is 9.11. The number of thiol groups is 1. The van der Waals surface area contributed by atoms with Gasteiger partial charge in [0.25, 0.3) is 0 Å². The summed E-state index contributed by atoms with van der Waals surface area (Å²) < 4.78 is 0. The van der Waals surface area contributed by atoms with Gasteiger partial charge in [0.05, 0.1) is 0 Å². The van der Waals surface area contributed by atoms with Crippen molar-refractivity contribution in [2.24, 2.45) is 47.0 Å². The normalized spacial score (nSPS) is 17.7. The third-order valence-corrected chi connectivity index (χ3v) is 24.2. The van der Waals surface area contributed by atoms with Crippen LogP contribution in [0, 0.1) is 35.5 Å². The van der Waals surface area contributed by atoms with Crippen LogP contribution in [0.2, 0.25) is 0 Å². The maximum atomic E-state index is 12.9. The lowest BCUT2D eigenvalue weighted by Crippen LogP contribution is -2.43. The summed E-state index contributed by atoms with van der Waals surface area (Å²) in [4.78, 5) is 105. The van der Waals surface area contributed by atoms with Crippen LogP contribution >= 0.6 is 99.0 Å². The third-order valence-electron chi connectivity index (χ3n) is 13.1. The summed E-state index contributed by atoms with van der Waals surface area (Å²) in [6, 6.07) is -2.59. The number of nitrogens with zero attached hydrogens (tertiary/aromatic N) is 2. The van der Waals surface area contributed by atoms with Crippen LogP contribution in [-0.2, 0) is 43.2 Å². The fraction of sp³-hybridized carbons (Fsp3) is 0.836. The van der Waals surface area contributed by atoms with Crippen molar-refractivity contribution in [3.63, 3.8) is 0 Å². The molecule has 10 unspecified atom stereocenters. The first kappa shape index (κ1) is 84.4. The van der Waals surface area contributed by atoms with E-state index in [1.807, 2.05) is 38.5 Å². The van der Waals surface area contributed by atoms with Crippen molar-refractivity contribution in [2.45, 2.75) is 195 Å². The van der Waals surface area contributed by atoms with Gasteiger partial charge in [0.2, 0.25) is 29.5 Å². The van der Waals surface area contributed by atoms with Crippen LogP contribution < -0.4 is 27.4 Å². The monoisotopic (exact) mass is 1360 g/mol. The summed E-state index contributed by atoms with van der Waals surface area (Å²) in [6.45, 7) is 26.0. The maximum Gasteiger partial charge on any atom is 0.327 e. The standard InChI is InChI=1S/C28H48N2O6S4.C12H22N2O4S2.C8H18N2O2S2.C7H15NOS/c1-19(2)9-5-6-10-22(40-39-18-21(4)26(32)30-15-8-12-24(30)28(35)36)13-16-37-38-17-20(3)25(31)29-14-7-11-23(29)27(33)34;1-7(2)10(13-8(3)15)5-19-20-6-11(12(17)18)14-9(4)16;1-5(2)6(9)3-13-14-4-7(10)8(11)12;1-5(2)7(4-10)8-6(3)9/h19-24H,5-18H2,1-4H3,(H,33,34)(H,35,36);7,10-11H,5-6H2,1-4H3,(H,13,15)(H,14,16)(H,17,18);5-7H,3-4,9-10H2,1-2H3,(H,11,12);5,7,10H,4H2,1-3H3,(H,8,9). The smallest absolute Gasteiger partial charge is 0.327 e. The van der Waals surface area contributed by atoms with E-state index >= 15 is 0 Å². The number of amides is 5. The summed E-state index contributed by atoms with van der Waals surface area (Å²) in [6.07, 6.45) is 8.38. The van der Waals surface area contributed by atoms with E-state index in [-0.39, 0.29) is 65.3 Å². The molecule has 84 heavy (non-hydrogen) atoms. The van der Waals surface area contributed by atoms with Crippen molar-refractivity contribution in [2.75, 3.05) is 59.1 Å². The molecule has 0 aromatic heterocycles. The van der Waals surface area contributed by atoms with Crippen molar-refractivity contribution < 1.29 is 63.6 Å². The van der Waals surface area contributed by atoms with Crippen LogP contribution in [0.15, 0.2) is 0 Å². The lowest BCUT2D eigenvalue weighted by molar-refractivity contribution is -0.149. The van der Waals surface area contributed by atoms with Gasteiger partial charge >= 0.3 is 23.9 Å². The molecule has 0 spiro atoms. The van der Waals surface area contributed by atoms with Crippen LogP contribution in [0.5, 0.6) is 0 Å². The lowest BCUT2D eigenvalue weighted by Gasteiger charge is -2.25. The third kappa shape index (κ3) is 40.8. The SMILES string of the molecule is CC(=O)NC(CS)C(C)C.CC(=O)NC(CSSCC(NC(C)=O)C(C)C)C(=O)O.CC(C)C(N)CSSCC(N)C(=O)O.CC(C)CCCCC(CCSSCC(C)C(=O)N1CCCC1C(=O)O)SSCC(C)C(=O)N1CCCC1C(=O)O. The summed E-state index contributed by atoms with van der Waals surface area (Å²) in [5.41, 5.74) is 11.1. The highest BCUT2D eigenvalue weighted by Gasteiger charge is 2.37. The Labute approximate surface area is 539 Å². The molecule has 2 aliphatic rings. The van der Waals surface area contributed by atoms with Gasteiger partial charge in [-0.15, -0.1) is 0 Å². The average Bonchev–Trinajstić information content (AvgIpc) is 4.14. The lowest BCUT2D eigenvalue weighted by atomic mass is 10.0. The van der Waals surface area contributed by atoms with Gasteiger partial charge in [-0.25, -0.2) is 14.4 Å². The molecule has 2 fully saturated rings. The summed E-state index contributed by atoms with van der Waals surface area (Å²) in [5.74, 6) is 2.41. The highest BCUT2D eigenvalue weighted by Crippen LogP contribution is 2.37. The first-order valence-electron chi connectivity index (χ1n) is 28.8. The van der Waals surface area contributed by atoms with Gasteiger partial charge in [-0.3, -0.25) is 28.8 Å². The molecule has 0 aromatic carbocycles. The highest BCUT2D eigenvalue weighted by atomic mass is 33.1. The minimum absolute atomic E-state index is 0.0211. The molecule has 2 saturated heterocycles. The zero-order valence-corrected chi connectivity index (χ0v) is 59.2. The van der Waals surface area contributed by atoms with E-state index in [0.717, 1.165) is 37.2 Å². The van der Waals surface area contributed by atoms with E-state index in [4.69, 9.17) is 21.7 Å².